The lowest BCUT2D eigenvalue weighted by Gasteiger charge is -2.30. The van der Waals surface area contributed by atoms with Crippen molar-refractivity contribution in [3.05, 3.63) is 65.2 Å². The summed E-state index contributed by atoms with van der Waals surface area (Å²) in [6.07, 6.45) is -5.06. The van der Waals surface area contributed by atoms with E-state index in [1.807, 2.05) is 13.8 Å². The zero-order chi connectivity index (χ0) is 27.7. The largest absolute Gasteiger partial charge is 0.447 e. The van der Waals surface area contributed by atoms with Gasteiger partial charge in [0.25, 0.3) is 5.91 Å². The van der Waals surface area contributed by atoms with Crippen LogP contribution in [-0.2, 0) is 15.7 Å². The summed E-state index contributed by atoms with van der Waals surface area (Å²) < 4.78 is 49.8. The van der Waals surface area contributed by atoms with Gasteiger partial charge in [0.05, 0.1) is 30.5 Å². The number of carbonyl (C=O) groups is 2. The van der Waals surface area contributed by atoms with Crippen LogP contribution in [0.2, 0.25) is 0 Å². The molecule has 2 amide bonds. The van der Waals surface area contributed by atoms with Crippen molar-refractivity contribution in [1.82, 2.24) is 9.97 Å². The second kappa shape index (κ2) is 10.5. The molecular weight excluding hydrogens is 515 g/mol. The van der Waals surface area contributed by atoms with E-state index in [0.29, 0.717) is 49.1 Å². The van der Waals surface area contributed by atoms with E-state index in [9.17, 15) is 22.8 Å². The molecule has 5 rings (SSSR count). The molecule has 0 spiro atoms. The average Bonchev–Trinajstić information content (AvgIpc) is 3.27. The normalized spacial score (nSPS) is 17.8. The lowest BCUT2D eigenvalue weighted by molar-refractivity contribution is -0.137. The Balaban J connectivity index is 1.44. The zero-order valence-electron chi connectivity index (χ0n) is 21.3. The maximum absolute atomic E-state index is 13.0. The van der Waals surface area contributed by atoms with Crippen LogP contribution in [0.1, 0.15) is 28.4 Å². The van der Waals surface area contributed by atoms with Crippen LogP contribution in [0.15, 0.2) is 48.5 Å². The Morgan fingerprint density at radius 1 is 1.08 bits per heavy atom. The minimum absolute atomic E-state index is 0.105. The molecule has 0 saturated carbocycles. The van der Waals surface area contributed by atoms with Gasteiger partial charge in [-0.3, -0.25) is 4.79 Å². The van der Waals surface area contributed by atoms with Crippen LogP contribution in [-0.4, -0.2) is 60.9 Å². The predicted molar refractivity (Wildman–Crippen MR) is 138 cm³/mol. The lowest BCUT2D eigenvalue weighted by atomic mass is 10.1. The Morgan fingerprint density at radius 3 is 2.44 bits per heavy atom. The van der Waals surface area contributed by atoms with Gasteiger partial charge in [-0.05, 0) is 44.2 Å². The van der Waals surface area contributed by atoms with E-state index in [0.717, 1.165) is 17.7 Å². The maximum Gasteiger partial charge on any atom is 0.417 e. The molecule has 0 aliphatic carbocycles. The van der Waals surface area contributed by atoms with E-state index < -0.39 is 23.7 Å². The van der Waals surface area contributed by atoms with Gasteiger partial charge in [-0.15, -0.1) is 0 Å². The van der Waals surface area contributed by atoms with E-state index in [-0.39, 0.29) is 24.2 Å². The number of benzene rings is 2. The van der Waals surface area contributed by atoms with Crippen LogP contribution in [0.4, 0.5) is 35.4 Å². The molecule has 3 aromatic rings. The third-order valence-corrected chi connectivity index (χ3v) is 6.59. The number of halogens is 3. The zero-order valence-corrected chi connectivity index (χ0v) is 21.3. The molecular formula is C27H26F3N5O4. The average molecular weight is 542 g/mol. The number of carbonyl (C=O) groups excluding carboxylic acids is 2. The minimum Gasteiger partial charge on any atom is -0.447 e. The standard InChI is InChI=1S/C27H26F3N5O4/c1-16-15-39-26(37)35(16)25-32-22(17(2)23(33-25)34-10-12-38-13-11-34)18-6-8-21(9-7-18)31-24(36)19-4-3-5-20(14-19)27(28,29)30/h3-9,14,16H,10-13,15H2,1-2H3,(H,31,36)/t16-/m0/s1. The fraction of sp³-hybridized carbons (Fsp3) is 0.333. The molecule has 2 aliphatic rings. The highest BCUT2D eigenvalue weighted by Crippen LogP contribution is 2.33. The SMILES string of the molecule is Cc1c(-c2ccc(NC(=O)c3cccc(C(F)(F)F)c3)cc2)nc(N2C(=O)OC[C@@H]2C)nc1N1CCOCC1. The number of ether oxygens (including phenoxy) is 2. The monoisotopic (exact) mass is 541 g/mol. The second-order valence-corrected chi connectivity index (χ2v) is 9.33. The predicted octanol–water partition coefficient (Wildman–Crippen LogP) is 4.90. The lowest BCUT2D eigenvalue weighted by Crippen LogP contribution is -2.38. The van der Waals surface area contributed by atoms with E-state index in [2.05, 4.69) is 10.2 Å². The number of hydrogen-bond donors (Lipinski definition) is 1. The van der Waals surface area contributed by atoms with Crippen LogP contribution in [0.3, 0.4) is 0 Å². The molecule has 204 valence electrons. The molecule has 1 atom stereocenters. The highest BCUT2D eigenvalue weighted by atomic mass is 19.4. The van der Waals surface area contributed by atoms with Gasteiger partial charge in [0.15, 0.2) is 0 Å². The van der Waals surface area contributed by atoms with Crippen LogP contribution < -0.4 is 15.1 Å². The summed E-state index contributed by atoms with van der Waals surface area (Å²) >= 11 is 0. The molecule has 2 aromatic carbocycles. The van der Waals surface area contributed by atoms with Crippen molar-refractivity contribution in [2.75, 3.05) is 48.0 Å². The first-order chi connectivity index (χ1) is 18.6. The van der Waals surface area contributed by atoms with Crippen molar-refractivity contribution in [3.63, 3.8) is 0 Å². The number of aromatic nitrogens is 2. The Labute approximate surface area is 222 Å². The maximum atomic E-state index is 13.0. The molecule has 0 unspecified atom stereocenters. The van der Waals surface area contributed by atoms with E-state index in [4.69, 9.17) is 19.4 Å². The smallest absolute Gasteiger partial charge is 0.417 e. The van der Waals surface area contributed by atoms with Crippen molar-refractivity contribution in [2.24, 2.45) is 0 Å². The molecule has 2 fully saturated rings. The quantitative estimate of drug-likeness (QED) is 0.491. The van der Waals surface area contributed by atoms with Gasteiger partial charge in [-0.2, -0.15) is 18.2 Å². The summed E-state index contributed by atoms with van der Waals surface area (Å²) in [5.41, 5.74) is 1.52. The Hall–Kier alpha value is -4.19. The summed E-state index contributed by atoms with van der Waals surface area (Å²) in [5.74, 6) is 0.256. The molecule has 0 radical (unpaired) electrons. The second-order valence-electron chi connectivity index (χ2n) is 9.33. The summed E-state index contributed by atoms with van der Waals surface area (Å²) in [6.45, 7) is 6.36. The summed E-state index contributed by atoms with van der Waals surface area (Å²) in [5, 5.41) is 2.63. The van der Waals surface area contributed by atoms with Gasteiger partial charge in [0.1, 0.15) is 12.4 Å². The first kappa shape index (κ1) is 26.4. The molecule has 0 bridgehead atoms. The molecule has 1 aromatic heterocycles. The van der Waals surface area contributed by atoms with Crippen molar-refractivity contribution in [2.45, 2.75) is 26.1 Å². The fourth-order valence-corrected chi connectivity index (χ4v) is 4.51. The van der Waals surface area contributed by atoms with Gasteiger partial charge in [0, 0.05) is 35.5 Å². The van der Waals surface area contributed by atoms with Gasteiger partial charge >= 0.3 is 12.3 Å². The number of cyclic esters (lactones) is 1. The summed E-state index contributed by atoms with van der Waals surface area (Å²) in [6, 6.07) is 10.8. The molecule has 2 saturated heterocycles. The highest BCUT2D eigenvalue weighted by molar-refractivity contribution is 6.04. The number of nitrogens with one attached hydrogen (secondary N) is 1. The third-order valence-electron chi connectivity index (χ3n) is 6.59. The number of alkyl halides is 3. The number of anilines is 3. The van der Waals surface area contributed by atoms with Crippen LogP contribution in [0.25, 0.3) is 11.3 Å². The summed E-state index contributed by atoms with van der Waals surface area (Å²) in [4.78, 5) is 38.0. The van der Waals surface area contributed by atoms with Crippen LogP contribution >= 0.6 is 0 Å². The van der Waals surface area contributed by atoms with Crippen molar-refractivity contribution in [3.8, 4) is 11.3 Å². The van der Waals surface area contributed by atoms with Crippen molar-refractivity contribution >= 4 is 29.5 Å². The Morgan fingerprint density at radius 2 is 1.79 bits per heavy atom. The number of rotatable bonds is 5. The Kier molecular flexibility index (Phi) is 7.13. The van der Waals surface area contributed by atoms with E-state index >= 15 is 0 Å². The Bertz CT molecular complexity index is 1390. The highest BCUT2D eigenvalue weighted by Gasteiger charge is 2.35. The first-order valence-corrected chi connectivity index (χ1v) is 12.4. The molecule has 2 aliphatic heterocycles. The molecule has 9 nitrogen and oxygen atoms in total. The van der Waals surface area contributed by atoms with E-state index in [1.165, 1.54) is 17.0 Å². The van der Waals surface area contributed by atoms with Gasteiger partial charge in [0.2, 0.25) is 5.95 Å². The van der Waals surface area contributed by atoms with Crippen molar-refractivity contribution < 1.29 is 32.2 Å². The minimum atomic E-state index is -4.55. The molecule has 3 heterocycles. The fourth-order valence-electron chi connectivity index (χ4n) is 4.51. The van der Waals surface area contributed by atoms with Gasteiger partial charge < -0.3 is 19.7 Å². The molecule has 12 heteroatoms. The topological polar surface area (TPSA) is 96.9 Å². The molecule has 39 heavy (non-hydrogen) atoms. The first-order valence-electron chi connectivity index (χ1n) is 12.4. The van der Waals surface area contributed by atoms with Crippen molar-refractivity contribution in [1.29, 1.82) is 0 Å². The number of amides is 2. The van der Waals surface area contributed by atoms with Gasteiger partial charge in [-0.1, -0.05) is 18.2 Å². The van der Waals surface area contributed by atoms with Crippen LogP contribution in [0.5, 0.6) is 0 Å². The summed E-state index contributed by atoms with van der Waals surface area (Å²) in [7, 11) is 0. The number of hydrogen-bond acceptors (Lipinski definition) is 7. The molecule has 1 N–H and O–H groups in total. The van der Waals surface area contributed by atoms with Gasteiger partial charge in [-0.25, -0.2) is 14.7 Å². The third kappa shape index (κ3) is 5.51. The number of morpholine rings is 1. The van der Waals surface area contributed by atoms with Crippen LogP contribution in [0, 0.1) is 6.92 Å². The number of nitrogens with zero attached hydrogens (tertiary/aromatic N) is 4. The van der Waals surface area contributed by atoms with E-state index in [1.54, 1.807) is 24.3 Å².